The number of nitro groups is 1. The van der Waals surface area contributed by atoms with Crippen LogP contribution in [0.3, 0.4) is 0 Å². The Morgan fingerprint density at radius 3 is 2.73 bits per heavy atom. The lowest BCUT2D eigenvalue weighted by atomic mass is 10.1. The minimum Gasteiger partial charge on any atom is -0.452 e. The number of hydrogen-bond donors (Lipinski definition) is 2. The van der Waals surface area contributed by atoms with E-state index in [1.165, 1.54) is 17.0 Å². The molecule has 0 bridgehead atoms. The van der Waals surface area contributed by atoms with Crippen molar-refractivity contribution in [2.45, 2.75) is 19.4 Å². The Hall–Kier alpha value is -3.95. The van der Waals surface area contributed by atoms with Crippen molar-refractivity contribution in [2.24, 2.45) is 0 Å². The number of amides is 2. The number of non-ortho nitro benzene ring substituents is 1. The minimum atomic E-state index is -0.874. The van der Waals surface area contributed by atoms with Gasteiger partial charge in [-0.25, -0.2) is 4.79 Å². The van der Waals surface area contributed by atoms with Crippen LogP contribution in [0, 0.1) is 10.1 Å². The van der Waals surface area contributed by atoms with Gasteiger partial charge in [0.2, 0.25) is 5.91 Å². The third-order valence-electron chi connectivity index (χ3n) is 4.66. The summed E-state index contributed by atoms with van der Waals surface area (Å²) < 4.78 is 5.15. The van der Waals surface area contributed by atoms with Crippen LogP contribution in [0.25, 0.3) is 0 Å². The van der Waals surface area contributed by atoms with E-state index in [-0.39, 0.29) is 23.6 Å². The molecular formula is C20H20N4O6. The summed E-state index contributed by atoms with van der Waals surface area (Å²) in [7, 11) is 1.56. The standard InChI is InChI=1S/C20H20N4O6/c1-12-9-18(25)22-16-5-3-4-6-17(16)23(12)19(26)11-30-20(27)14-10-13(24(28)29)7-8-15(14)21-2/h3-8,10,12,21H,9,11H2,1-2H3,(H,22,25)/t12-/m1/s1. The van der Waals surface area contributed by atoms with Gasteiger partial charge in [-0.1, -0.05) is 12.1 Å². The van der Waals surface area contributed by atoms with Crippen molar-refractivity contribution in [1.82, 2.24) is 0 Å². The molecular weight excluding hydrogens is 392 g/mol. The van der Waals surface area contributed by atoms with Gasteiger partial charge in [-0.2, -0.15) is 0 Å². The normalized spacial score (nSPS) is 15.5. The van der Waals surface area contributed by atoms with Crippen LogP contribution in [0.5, 0.6) is 0 Å². The average molecular weight is 412 g/mol. The number of nitrogens with one attached hydrogen (secondary N) is 2. The average Bonchev–Trinajstić information content (AvgIpc) is 2.85. The molecule has 10 nitrogen and oxygen atoms in total. The van der Waals surface area contributed by atoms with E-state index < -0.39 is 29.4 Å². The maximum atomic E-state index is 12.9. The number of nitrogens with zero attached hydrogens (tertiary/aromatic N) is 2. The van der Waals surface area contributed by atoms with E-state index in [9.17, 15) is 24.5 Å². The molecule has 1 aliphatic rings. The molecule has 0 saturated carbocycles. The van der Waals surface area contributed by atoms with Crippen LogP contribution >= 0.6 is 0 Å². The summed E-state index contributed by atoms with van der Waals surface area (Å²) in [5, 5.41) is 16.5. The van der Waals surface area contributed by atoms with E-state index in [0.29, 0.717) is 17.1 Å². The van der Waals surface area contributed by atoms with Crippen LogP contribution in [0.2, 0.25) is 0 Å². The van der Waals surface area contributed by atoms with E-state index in [4.69, 9.17) is 4.74 Å². The van der Waals surface area contributed by atoms with Crippen LogP contribution < -0.4 is 15.5 Å². The second-order valence-electron chi connectivity index (χ2n) is 6.70. The number of benzene rings is 2. The quantitative estimate of drug-likeness (QED) is 0.438. The van der Waals surface area contributed by atoms with Crippen molar-refractivity contribution in [1.29, 1.82) is 0 Å². The first-order valence-corrected chi connectivity index (χ1v) is 9.16. The number of hydrogen-bond acceptors (Lipinski definition) is 7. The summed E-state index contributed by atoms with van der Waals surface area (Å²) in [5.74, 6) is -1.62. The number of nitro benzene ring substituents is 1. The maximum Gasteiger partial charge on any atom is 0.341 e. The summed E-state index contributed by atoms with van der Waals surface area (Å²) in [6.45, 7) is 1.14. The maximum absolute atomic E-state index is 12.9. The van der Waals surface area contributed by atoms with Gasteiger partial charge in [0.1, 0.15) is 0 Å². The number of rotatable bonds is 5. The number of carbonyl (C=O) groups is 3. The molecule has 1 heterocycles. The number of esters is 1. The van der Waals surface area contributed by atoms with E-state index in [0.717, 1.165) is 6.07 Å². The molecule has 0 unspecified atom stereocenters. The Labute approximate surface area is 172 Å². The molecule has 30 heavy (non-hydrogen) atoms. The smallest absolute Gasteiger partial charge is 0.341 e. The monoisotopic (exact) mass is 412 g/mol. The lowest BCUT2D eigenvalue weighted by molar-refractivity contribution is -0.384. The lowest BCUT2D eigenvalue weighted by Crippen LogP contribution is -2.41. The summed E-state index contributed by atoms with van der Waals surface area (Å²) in [6, 6.07) is 10.1. The molecule has 0 aromatic heterocycles. The first-order valence-electron chi connectivity index (χ1n) is 9.16. The van der Waals surface area contributed by atoms with Crippen LogP contribution in [-0.4, -0.2) is 42.4 Å². The second-order valence-corrected chi connectivity index (χ2v) is 6.70. The molecule has 1 aliphatic heterocycles. The minimum absolute atomic E-state index is 0.0549. The molecule has 2 amide bonds. The first-order chi connectivity index (χ1) is 14.3. The van der Waals surface area contributed by atoms with Crippen molar-refractivity contribution in [3.05, 3.63) is 58.1 Å². The molecule has 2 N–H and O–H groups in total. The van der Waals surface area contributed by atoms with E-state index >= 15 is 0 Å². The van der Waals surface area contributed by atoms with Gasteiger partial charge >= 0.3 is 5.97 Å². The zero-order chi connectivity index (χ0) is 21.8. The van der Waals surface area contributed by atoms with Gasteiger partial charge in [-0.05, 0) is 25.1 Å². The molecule has 0 radical (unpaired) electrons. The Balaban J connectivity index is 1.80. The molecule has 3 rings (SSSR count). The van der Waals surface area contributed by atoms with Gasteiger partial charge in [0.25, 0.3) is 11.6 Å². The van der Waals surface area contributed by atoms with Gasteiger partial charge < -0.3 is 20.3 Å². The molecule has 2 aromatic carbocycles. The summed E-state index contributed by atoms with van der Waals surface area (Å²) in [5.41, 5.74) is 1.000. The van der Waals surface area contributed by atoms with Crippen LogP contribution in [0.4, 0.5) is 22.7 Å². The van der Waals surface area contributed by atoms with Gasteiger partial charge in [0.15, 0.2) is 6.61 Å². The highest BCUT2D eigenvalue weighted by Crippen LogP contribution is 2.31. The number of ether oxygens (including phenoxy) is 1. The highest BCUT2D eigenvalue weighted by atomic mass is 16.6. The van der Waals surface area contributed by atoms with Crippen molar-refractivity contribution in [3.63, 3.8) is 0 Å². The van der Waals surface area contributed by atoms with Gasteiger partial charge in [0.05, 0.1) is 21.9 Å². The first kappa shape index (κ1) is 20.8. The Kier molecular flexibility index (Phi) is 5.95. The van der Waals surface area contributed by atoms with Crippen molar-refractivity contribution in [2.75, 3.05) is 29.2 Å². The fraction of sp³-hybridized carbons (Fsp3) is 0.250. The van der Waals surface area contributed by atoms with Crippen molar-refractivity contribution < 1.29 is 24.0 Å². The van der Waals surface area contributed by atoms with Gasteiger partial charge in [-0.3, -0.25) is 19.7 Å². The highest BCUT2D eigenvalue weighted by Gasteiger charge is 2.30. The molecule has 0 aliphatic carbocycles. The van der Waals surface area contributed by atoms with E-state index in [1.54, 1.807) is 38.2 Å². The Morgan fingerprint density at radius 2 is 2.03 bits per heavy atom. The summed E-state index contributed by atoms with van der Waals surface area (Å²) in [4.78, 5) is 49.2. The third kappa shape index (κ3) is 4.22. The van der Waals surface area contributed by atoms with Crippen molar-refractivity contribution in [3.8, 4) is 0 Å². The summed E-state index contributed by atoms with van der Waals surface area (Å²) in [6.07, 6.45) is 0.0865. The number of fused-ring (bicyclic) bond motifs is 1. The zero-order valence-corrected chi connectivity index (χ0v) is 16.4. The molecule has 0 spiro atoms. The number of carbonyl (C=O) groups excluding carboxylic acids is 3. The largest absolute Gasteiger partial charge is 0.452 e. The van der Waals surface area contributed by atoms with Crippen molar-refractivity contribution >= 4 is 40.5 Å². The Morgan fingerprint density at radius 1 is 1.30 bits per heavy atom. The summed E-state index contributed by atoms with van der Waals surface area (Å²) >= 11 is 0. The number of anilines is 3. The van der Waals surface area contributed by atoms with E-state index in [2.05, 4.69) is 10.6 Å². The third-order valence-corrected chi connectivity index (χ3v) is 4.66. The van der Waals surface area contributed by atoms with Gasteiger partial charge in [-0.15, -0.1) is 0 Å². The van der Waals surface area contributed by atoms with Crippen LogP contribution in [0.1, 0.15) is 23.7 Å². The van der Waals surface area contributed by atoms with Crippen LogP contribution in [0.15, 0.2) is 42.5 Å². The SMILES string of the molecule is CNc1ccc([N+](=O)[O-])cc1C(=O)OCC(=O)N1c2ccccc2NC(=O)C[C@H]1C. The molecule has 2 aromatic rings. The topological polar surface area (TPSA) is 131 Å². The zero-order valence-electron chi connectivity index (χ0n) is 16.4. The molecule has 0 fully saturated rings. The fourth-order valence-corrected chi connectivity index (χ4v) is 3.28. The van der Waals surface area contributed by atoms with Gasteiger partial charge in [0, 0.05) is 37.3 Å². The predicted molar refractivity (Wildman–Crippen MR) is 110 cm³/mol. The second kappa shape index (κ2) is 8.60. The lowest BCUT2D eigenvalue weighted by Gasteiger charge is -2.27. The molecule has 156 valence electrons. The fourth-order valence-electron chi connectivity index (χ4n) is 3.28. The molecule has 1 atom stereocenters. The predicted octanol–water partition coefficient (Wildman–Crippen LogP) is 2.56. The number of para-hydroxylation sites is 2. The Bertz CT molecular complexity index is 1020. The highest BCUT2D eigenvalue weighted by molar-refractivity contribution is 6.05. The van der Waals surface area contributed by atoms with E-state index in [1.807, 2.05) is 0 Å². The van der Waals surface area contributed by atoms with Crippen LogP contribution in [-0.2, 0) is 14.3 Å². The molecule has 10 heteroatoms. The molecule has 0 saturated heterocycles.